The van der Waals surface area contributed by atoms with Crippen LogP contribution in [0.2, 0.25) is 0 Å². The molecule has 1 atom stereocenters. The van der Waals surface area contributed by atoms with Gasteiger partial charge in [-0.3, -0.25) is 4.57 Å². The summed E-state index contributed by atoms with van der Waals surface area (Å²) >= 11 is 0. The van der Waals surface area contributed by atoms with Crippen LogP contribution >= 0.6 is 7.60 Å². The number of hydrogen-bond donors (Lipinski definition) is 0. The van der Waals surface area contributed by atoms with E-state index in [1.165, 1.54) is 0 Å². The Kier molecular flexibility index (Phi) is 10.3. The molecule has 1 unspecified atom stereocenters. The van der Waals surface area contributed by atoms with Crippen molar-refractivity contribution in [2.45, 2.75) is 46.4 Å². The van der Waals surface area contributed by atoms with Crippen molar-refractivity contribution in [3.63, 3.8) is 0 Å². The molecule has 176 valence electrons. The van der Waals surface area contributed by atoms with Crippen LogP contribution in [-0.4, -0.2) is 33.5 Å². The van der Waals surface area contributed by atoms with Crippen molar-refractivity contribution < 1.29 is 27.8 Å². The highest BCUT2D eigenvalue weighted by Gasteiger charge is 2.23. The summed E-state index contributed by atoms with van der Waals surface area (Å²) in [6, 6.07) is 11.7. The van der Waals surface area contributed by atoms with E-state index in [1.54, 1.807) is 14.2 Å². The molecule has 0 N–H and O–H groups in total. The number of ether oxygens (including phenoxy) is 3. The van der Waals surface area contributed by atoms with E-state index in [0.29, 0.717) is 30.5 Å². The molecule has 0 aromatic heterocycles. The molecule has 0 saturated carbocycles. The molecule has 2 aromatic carbocycles. The summed E-state index contributed by atoms with van der Waals surface area (Å²) in [5.74, 6) is 1.86. The quantitative estimate of drug-likeness (QED) is 0.240. The van der Waals surface area contributed by atoms with Gasteiger partial charge in [0.05, 0.1) is 39.7 Å². The van der Waals surface area contributed by atoms with Crippen molar-refractivity contribution in [1.29, 1.82) is 0 Å². The van der Waals surface area contributed by atoms with E-state index < -0.39 is 7.60 Å². The lowest BCUT2D eigenvalue weighted by Gasteiger charge is -2.18. The van der Waals surface area contributed by atoms with Crippen LogP contribution in [0.5, 0.6) is 17.2 Å². The molecule has 6 nitrogen and oxygen atoms in total. The summed E-state index contributed by atoms with van der Waals surface area (Å²) in [6.45, 7) is 8.41. The van der Waals surface area contributed by atoms with Gasteiger partial charge in [0.15, 0.2) is 11.5 Å². The van der Waals surface area contributed by atoms with Gasteiger partial charge in [0.2, 0.25) is 5.75 Å². The maximum atomic E-state index is 12.7. The lowest BCUT2D eigenvalue weighted by atomic mass is 10.1. The fourth-order valence-electron chi connectivity index (χ4n) is 3.07. The molecule has 0 aliphatic heterocycles. The topological polar surface area (TPSA) is 63.2 Å². The largest absolute Gasteiger partial charge is 0.493 e. The molecular weight excluding hydrogens is 427 g/mol. The second kappa shape index (κ2) is 12.7. The van der Waals surface area contributed by atoms with Gasteiger partial charge in [-0.15, -0.1) is 0 Å². The second-order valence-corrected chi connectivity index (χ2v) is 9.33. The summed E-state index contributed by atoms with van der Waals surface area (Å²) in [6.07, 6.45) is 5.17. The molecule has 32 heavy (non-hydrogen) atoms. The summed E-state index contributed by atoms with van der Waals surface area (Å²) in [7, 11) is 0.124. The van der Waals surface area contributed by atoms with E-state index in [1.807, 2.05) is 69.3 Å². The fourth-order valence-corrected chi connectivity index (χ4v) is 4.77. The van der Waals surface area contributed by atoms with Gasteiger partial charge in [-0.25, -0.2) is 0 Å². The Morgan fingerprint density at radius 1 is 0.875 bits per heavy atom. The summed E-state index contributed by atoms with van der Waals surface area (Å²) in [5.41, 5.74) is 2.84. The molecule has 0 fully saturated rings. The minimum Gasteiger partial charge on any atom is -0.493 e. The van der Waals surface area contributed by atoms with E-state index in [9.17, 15) is 4.57 Å². The highest BCUT2D eigenvalue weighted by Crippen LogP contribution is 2.51. The van der Waals surface area contributed by atoms with Crippen LogP contribution in [0.25, 0.3) is 12.2 Å². The first-order valence-electron chi connectivity index (χ1n) is 11.0. The van der Waals surface area contributed by atoms with Crippen LogP contribution in [0.4, 0.5) is 0 Å². The van der Waals surface area contributed by atoms with E-state index in [4.69, 9.17) is 23.3 Å². The highest BCUT2D eigenvalue weighted by atomic mass is 31.2. The first-order valence-corrected chi connectivity index (χ1v) is 12.7. The van der Waals surface area contributed by atoms with Gasteiger partial charge in [-0.05, 0) is 56.0 Å². The monoisotopic (exact) mass is 462 g/mol. The zero-order valence-electron chi connectivity index (χ0n) is 19.9. The van der Waals surface area contributed by atoms with Crippen LogP contribution in [0.1, 0.15) is 50.8 Å². The Morgan fingerprint density at radius 2 is 1.41 bits per heavy atom. The molecule has 0 aliphatic rings. The lowest BCUT2D eigenvalue weighted by molar-refractivity contribution is 0.198. The molecular formula is C25H35O6P. The molecule has 0 amide bonds. The lowest BCUT2D eigenvalue weighted by Crippen LogP contribution is -2.11. The first kappa shape index (κ1) is 26.0. The van der Waals surface area contributed by atoms with Crippen molar-refractivity contribution in [1.82, 2.24) is 0 Å². The molecule has 0 aliphatic carbocycles. The van der Waals surface area contributed by atoms with Gasteiger partial charge >= 0.3 is 7.60 Å². The number of methoxy groups -OCH3 is 2. The summed E-state index contributed by atoms with van der Waals surface area (Å²) in [5, 5.41) is 0. The minimum atomic E-state index is -3.11. The third-order valence-corrected chi connectivity index (χ3v) is 6.91. The Morgan fingerprint density at radius 3 is 1.88 bits per heavy atom. The van der Waals surface area contributed by atoms with Crippen molar-refractivity contribution in [2.24, 2.45) is 0 Å². The van der Waals surface area contributed by atoms with Crippen molar-refractivity contribution in [3.05, 3.63) is 53.1 Å². The van der Waals surface area contributed by atoms with Gasteiger partial charge in [0, 0.05) is 0 Å². The third kappa shape index (κ3) is 7.40. The SMILES string of the molecule is CCOP(=O)(Cc1ccc(C=Cc2cc(OC)c(OC(C)CC)c(OC)c2)cc1)OCC. The standard InChI is InChI=1S/C25H35O6P/c1-7-19(4)31-25-23(27-5)16-22(17-24(25)28-6)15-12-20-10-13-21(14-11-20)18-32(26,29-8-2)30-9-3/h10-17,19H,7-9,18H2,1-6H3. The van der Waals surface area contributed by atoms with E-state index in [2.05, 4.69) is 6.92 Å². The number of hydrogen-bond acceptors (Lipinski definition) is 6. The molecule has 0 saturated heterocycles. The van der Waals surface area contributed by atoms with Gasteiger partial charge < -0.3 is 23.3 Å². The van der Waals surface area contributed by atoms with Crippen LogP contribution < -0.4 is 14.2 Å². The predicted octanol–water partition coefficient (Wildman–Crippen LogP) is 6.82. The van der Waals surface area contributed by atoms with E-state index >= 15 is 0 Å². The van der Waals surface area contributed by atoms with Crippen LogP contribution in [-0.2, 0) is 19.8 Å². The average molecular weight is 463 g/mol. The Balaban J connectivity index is 2.19. The third-order valence-electron chi connectivity index (χ3n) is 4.85. The molecule has 0 radical (unpaired) electrons. The first-order chi connectivity index (χ1) is 15.4. The Bertz CT molecular complexity index is 888. The van der Waals surface area contributed by atoms with Gasteiger partial charge in [0.25, 0.3) is 0 Å². The average Bonchev–Trinajstić information content (AvgIpc) is 2.79. The van der Waals surface area contributed by atoms with Gasteiger partial charge in [-0.2, -0.15) is 0 Å². The number of rotatable bonds is 13. The van der Waals surface area contributed by atoms with Crippen LogP contribution in [0.15, 0.2) is 36.4 Å². The van der Waals surface area contributed by atoms with Gasteiger partial charge in [0.1, 0.15) is 0 Å². The normalized spacial score (nSPS) is 12.7. The highest BCUT2D eigenvalue weighted by molar-refractivity contribution is 7.53. The maximum Gasteiger partial charge on any atom is 0.335 e. The second-order valence-electron chi connectivity index (χ2n) is 7.27. The van der Waals surface area contributed by atoms with Crippen molar-refractivity contribution in [2.75, 3.05) is 27.4 Å². The van der Waals surface area contributed by atoms with Gasteiger partial charge in [-0.1, -0.05) is 43.3 Å². The Labute approximate surface area is 192 Å². The van der Waals surface area contributed by atoms with E-state index in [-0.39, 0.29) is 12.3 Å². The van der Waals surface area contributed by atoms with Crippen LogP contribution in [0.3, 0.4) is 0 Å². The molecule has 0 bridgehead atoms. The Hall–Kier alpha value is -2.27. The molecule has 0 spiro atoms. The van der Waals surface area contributed by atoms with Crippen LogP contribution in [0, 0.1) is 0 Å². The smallest absolute Gasteiger partial charge is 0.335 e. The fraction of sp³-hybridized carbons (Fsp3) is 0.440. The zero-order chi connectivity index (χ0) is 23.6. The predicted molar refractivity (Wildman–Crippen MR) is 130 cm³/mol. The zero-order valence-corrected chi connectivity index (χ0v) is 20.8. The minimum absolute atomic E-state index is 0.0541. The maximum absolute atomic E-state index is 12.7. The molecule has 7 heteroatoms. The number of benzene rings is 2. The summed E-state index contributed by atoms with van der Waals surface area (Å²) in [4.78, 5) is 0. The molecule has 0 heterocycles. The van der Waals surface area contributed by atoms with Crippen molar-refractivity contribution >= 4 is 19.7 Å². The van der Waals surface area contributed by atoms with E-state index in [0.717, 1.165) is 23.1 Å². The molecule has 2 rings (SSSR count). The molecule has 2 aromatic rings. The summed E-state index contributed by atoms with van der Waals surface area (Å²) < 4.78 is 40.6. The van der Waals surface area contributed by atoms with Crippen molar-refractivity contribution in [3.8, 4) is 17.2 Å².